The van der Waals surface area contributed by atoms with Gasteiger partial charge in [0.05, 0.1) is 18.4 Å². The summed E-state index contributed by atoms with van der Waals surface area (Å²) in [5.41, 5.74) is 0.903. The molecule has 0 aliphatic heterocycles. The van der Waals surface area contributed by atoms with Gasteiger partial charge in [-0.1, -0.05) is 78.9 Å². The molecule has 0 fully saturated rings. The van der Waals surface area contributed by atoms with E-state index >= 15 is 0 Å². The summed E-state index contributed by atoms with van der Waals surface area (Å²) >= 11 is 0. The zero-order chi connectivity index (χ0) is 24.6. The van der Waals surface area contributed by atoms with Gasteiger partial charge in [-0.25, -0.2) is 0 Å². The van der Waals surface area contributed by atoms with Crippen LogP contribution < -0.4 is 4.74 Å². The molecular formula is C29H22F3NO2. The number of aromatic amines is 1. The minimum Gasteiger partial charge on any atom is -0.496 e. The lowest BCUT2D eigenvalue weighted by molar-refractivity contribution is -0.137. The SMILES string of the molecule is COc1ccccc1C(O)(c1ccc(C(F)(F)F)cc1)c1[nH]c2ccccc2c1-c1ccccc1. The highest BCUT2D eigenvalue weighted by molar-refractivity contribution is 5.98. The molecular weight excluding hydrogens is 451 g/mol. The summed E-state index contributed by atoms with van der Waals surface area (Å²) in [5.74, 6) is 0.410. The second kappa shape index (κ2) is 8.64. The molecule has 6 heteroatoms. The van der Waals surface area contributed by atoms with Gasteiger partial charge < -0.3 is 14.8 Å². The summed E-state index contributed by atoms with van der Waals surface area (Å²) in [5, 5.41) is 13.5. The van der Waals surface area contributed by atoms with Gasteiger partial charge in [0.15, 0.2) is 5.60 Å². The van der Waals surface area contributed by atoms with Crippen molar-refractivity contribution in [2.24, 2.45) is 0 Å². The Hall–Kier alpha value is -4.03. The molecule has 176 valence electrons. The Kier molecular flexibility index (Phi) is 5.61. The zero-order valence-electron chi connectivity index (χ0n) is 18.8. The largest absolute Gasteiger partial charge is 0.496 e. The highest BCUT2D eigenvalue weighted by Gasteiger charge is 2.41. The third-order valence-corrected chi connectivity index (χ3v) is 6.26. The van der Waals surface area contributed by atoms with E-state index in [4.69, 9.17) is 4.74 Å². The Morgan fingerprint density at radius 3 is 2.00 bits per heavy atom. The van der Waals surface area contributed by atoms with Crippen LogP contribution in [-0.2, 0) is 11.8 Å². The second-order valence-electron chi connectivity index (χ2n) is 8.27. The van der Waals surface area contributed by atoms with E-state index in [-0.39, 0.29) is 5.56 Å². The molecule has 1 aromatic heterocycles. The van der Waals surface area contributed by atoms with Crippen molar-refractivity contribution in [1.29, 1.82) is 0 Å². The molecule has 0 amide bonds. The van der Waals surface area contributed by atoms with Gasteiger partial charge in [-0.2, -0.15) is 13.2 Å². The van der Waals surface area contributed by atoms with Crippen molar-refractivity contribution in [3.8, 4) is 16.9 Å². The van der Waals surface area contributed by atoms with Gasteiger partial charge in [-0.05, 0) is 35.4 Å². The molecule has 1 unspecified atom stereocenters. The molecule has 0 aliphatic rings. The molecule has 0 spiro atoms. The Balaban J connectivity index is 1.86. The van der Waals surface area contributed by atoms with Crippen molar-refractivity contribution in [2.45, 2.75) is 11.8 Å². The summed E-state index contributed by atoms with van der Waals surface area (Å²) in [4.78, 5) is 3.37. The number of rotatable bonds is 5. The summed E-state index contributed by atoms with van der Waals surface area (Å²) in [6, 6.07) is 28.8. The molecule has 0 aliphatic carbocycles. The van der Waals surface area contributed by atoms with Gasteiger partial charge in [0.25, 0.3) is 0 Å². The lowest BCUT2D eigenvalue weighted by Crippen LogP contribution is -2.30. The minimum atomic E-state index is -4.49. The number of halogens is 3. The third kappa shape index (κ3) is 3.86. The van der Waals surface area contributed by atoms with Crippen molar-refractivity contribution in [3.05, 3.63) is 126 Å². The normalized spacial score (nSPS) is 13.5. The van der Waals surface area contributed by atoms with Crippen molar-refractivity contribution in [2.75, 3.05) is 7.11 Å². The maximum atomic E-state index is 13.3. The molecule has 2 N–H and O–H groups in total. The maximum Gasteiger partial charge on any atom is 0.416 e. The fourth-order valence-electron chi connectivity index (χ4n) is 4.60. The van der Waals surface area contributed by atoms with Gasteiger partial charge >= 0.3 is 6.18 Å². The van der Waals surface area contributed by atoms with Crippen LogP contribution in [0.2, 0.25) is 0 Å². The summed E-state index contributed by atoms with van der Waals surface area (Å²) in [7, 11) is 1.50. The Morgan fingerprint density at radius 2 is 1.31 bits per heavy atom. The molecule has 35 heavy (non-hydrogen) atoms. The van der Waals surface area contributed by atoms with E-state index in [1.807, 2.05) is 54.6 Å². The molecule has 4 aromatic carbocycles. The lowest BCUT2D eigenvalue weighted by Gasteiger charge is -2.31. The van der Waals surface area contributed by atoms with Crippen LogP contribution in [0.4, 0.5) is 13.2 Å². The maximum absolute atomic E-state index is 13.3. The highest BCUT2D eigenvalue weighted by Crippen LogP contribution is 2.47. The topological polar surface area (TPSA) is 45.2 Å². The van der Waals surface area contributed by atoms with Crippen molar-refractivity contribution in [1.82, 2.24) is 4.98 Å². The predicted octanol–water partition coefficient (Wildman–Crippen LogP) is 7.15. The number of H-pyrrole nitrogens is 1. The summed E-state index contributed by atoms with van der Waals surface area (Å²) in [6.45, 7) is 0. The van der Waals surface area contributed by atoms with Crippen LogP contribution in [0.5, 0.6) is 5.75 Å². The van der Waals surface area contributed by atoms with E-state index < -0.39 is 17.3 Å². The molecule has 1 heterocycles. The standard InChI is InChI=1S/C29H22F3NO2/c1-35-25-14-8-6-12-23(25)28(34,20-15-17-21(18-16-20)29(30,31)32)27-26(19-9-3-2-4-10-19)22-11-5-7-13-24(22)33-27/h2-18,33-34H,1H3. The number of methoxy groups -OCH3 is 1. The first-order valence-electron chi connectivity index (χ1n) is 11.0. The lowest BCUT2D eigenvalue weighted by atomic mass is 9.80. The number of aromatic nitrogens is 1. The van der Waals surface area contributed by atoms with Crippen LogP contribution in [-0.4, -0.2) is 17.2 Å². The Morgan fingerprint density at radius 1 is 0.714 bits per heavy atom. The number of hydrogen-bond donors (Lipinski definition) is 2. The zero-order valence-corrected chi connectivity index (χ0v) is 18.8. The smallest absolute Gasteiger partial charge is 0.416 e. The quantitative estimate of drug-likeness (QED) is 0.285. The second-order valence-corrected chi connectivity index (χ2v) is 8.27. The monoisotopic (exact) mass is 473 g/mol. The molecule has 5 rings (SSSR count). The number of ether oxygens (including phenoxy) is 1. The van der Waals surface area contributed by atoms with Gasteiger partial charge in [0, 0.05) is 22.0 Å². The molecule has 0 bridgehead atoms. The van der Waals surface area contributed by atoms with Crippen LogP contribution in [0.25, 0.3) is 22.0 Å². The van der Waals surface area contributed by atoms with E-state index in [9.17, 15) is 18.3 Å². The number of alkyl halides is 3. The average molecular weight is 473 g/mol. The van der Waals surface area contributed by atoms with Crippen molar-refractivity contribution >= 4 is 10.9 Å². The number of nitrogens with one attached hydrogen (secondary N) is 1. The first kappa shape index (κ1) is 22.7. The summed E-state index contributed by atoms with van der Waals surface area (Å²) in [6.07, 6.45) is -4.49. The van der Waals surface area contributed by atoms with Gasteiger partial charge in [0.2, 0.25) is 0 Å². The van der Waals surface area contributed by atoms with Crippen LogP contribution in [0.15, 0.2) is 103 Å². The van der Waals surface area contributed by atoms with E-state index in [0.29, 0.717) is 17.0 Å². The van der Waals surface area contributed by atoms with Gasteiger partial charge in [-0.15, -0.1) is 0 Å². The fraction of sp³-hybridized carbons (Fsp3) is 0.103. The molecule has 0 saturated carbocycles. The first-order valence-corrected chi connectivity index (χ1v) is 11.0. The number of fused-ring (bicyclic) bond motifs is 1. The average Bonchev–Trinajstić information content (AvgIpc) is 3.28. The Labute approximate surface area is 200 Å². The minimum absolute atomic E-state index is 0.277. The third-order valence-electron chi connectivity index (χ3n) is 6.26. The fourth-order valence-corrected chi connectivity index (χ4v) is 4.60. The summed E-state index contributed by atoms with van der Waals surface area (Å²) < 4.78 is 45.5. The van der Waals surface area contributed by atoms with E-state index in [1.165, 1.54) is 19.2 Å². The van der Waals surface area contributed by atoms with Crippen molar-refractivity contribution < 1.29 is 23.0 Å². The Bertz CT molecular complexity index is 1470. The van der Waals surface area contributed by atoms with E-state index in [2.05, 4.69) is 4.98 Å². The number of benzene rings is 4. The van der Waals surface area contributed by atoms with Gasteiger partial charge in [0.1, 0.15) is 5.75 Å². The molecule has 0 radical (unpaired) electrons. The molecule has 0 saturated heterocycles. The molecule has 1 atom stereocenters. The predicted molar refractivity (Wildman–Crippen MR) is 130 cm³/mol. The van der Waals surface area contributed by atoms with Crippen molar-refractivity contribution in [3.63, 3.8) is 0 Å². The number of aliphatic hydroxyl groups is 1. The van der Waals surface area contributed by atoms with E-state index in [0.717, 1.165) is 34.2 Å². The van der Waals surface area contributed by atoms with E-state index in [1.54, 1.807) is 24.3 Å². The van der Waals surface area contributed by atoms with Gasteiger partial charge in [-0.3, -0.25) is 0 Å². The van der Waals surface area contributed by atoms with Crippen LogP contribution >= 0.6 is 0 Å². The van der Waals surface area contributed by atoms with Crippen LogP contribution in [0.3, 0.4) is 0 Å². The number of hydrogen-bond acceptors (Lipinski definition) is 2. The van der Waals surface area contributed by atoms with Crippen LogP contribution in [0.1, 0.15) is 22.4 Å². The molecule has 3 nitrogen and oxygen atoms in total. The molecule has 5 aromatic rings. The first-order chi connectivity index (χ1) is 16.8. The highest BCUT2D eigenvalue weighted by atomic mass is 19.4. The number of para-hydroxylation sites is 2. The van der Waals surface area contributed by atoms with Crippen LogP contribution in [0, 0.1) is 0 Å².